The molecule has 0 bridgehead atoms. The Morgan fingerprint density at radius 2 is 1.92 bits per heavy atom. The molecule has 0 N–H and O–H groups in total. The van der Waals surface area contributed by atoms with Crippen LogP contribution in [-0.2, 0) is 0 Å². The maximum Gasteiger partial charge on any atom is 0.150 e. The molecule has 0 fully saturated rings. The van der Waals surface area contributed by atoms with E-state index in [1.165, 1.54) is 0 Å². The lowest BCUT2D eigenvalue weighted by molar-refractivity contribution is 0.112. The molecule has 0 saturated heterocycles. The minimum atomic E-state index is 0.594. The zero-order chi connectivity index (χ0) is 9.84. The van der Waals surface area contributed by atoms with E-state index in [4.69, 9.17) is 9.47 Å². The number of hydrogen-bond acceptors (Lipinski definition) is 3. The Morgan fingerprint density at radius 3 is 2.38 bits per heavy atom. The average molecular weight is 180 g/mol. The smallest absolute Gasteiger partial charge is 0.150 e. The SMILES string of the molecule is COc1cc(C=O)c(C)c(OC)c1. The highest BCUT2D eigenvalue weighted by Crippen LogP contribution is 2.26. The lowest BCUT2D eigenvalue weighted by atomic mass is 10.1. The normalized spacial score (nSPS) is 9.46. The van der Waals surface area contributed by atoms with Gasteiger partial charge in [-0.1, -0.05) is 0 Å². The zero-order valence-electron chi connectivity index (χ0n) is 7.96. The Bertz CT molecular complexity index is 318. The first-order valence-electron chi connectivity index (χ1n) is 3.90. The monoisotopic (exact) mass is 180 g/mol. The van der Waals surface area contributed by atoms with E-state index in [0.29, 0.717) is 17.1 Å². The summed E-state index contributed by atoms with van der Waals surface area (Å²) >= 11 is 0. The Balaban J connectivity index is 3.28. The van der Waals surface area contributed by atoms with Crippen LogP contribution >= 0.6 is 0 Å². The summed E-state index contributed by atoms with van der Waals surface area (Å²) in [6, 6.07) is 3.44. The predicted molar refractivity (Wildman–Crippen MR) is 49.7 cm³/mol. The van der Waals surface area contributed by atoms with E-state index in [-0.39, 0.29) is 0 Å². The highest BCUT2D eigenvalue weighted by atomic mass is 16.5. The summed E-state index contributed by atoms with van der Waals surface area (Å²) in [6.07, 6.45) is 0.792. The fourth-order valence-electron chi connectivity index (χ4n) is 1.14. The van der Waals surface area contributed by atoms with Gasteiger partial charge in [-0.2, -0.15) is 0 Å². The van der Waals surface area contributed by atoms with Crippen molar-refractivity contribution in [3.05, 3.63) is 23.3 Å². The molecule has 0 aliphatic heterocycles. The standard InChI is InChI=1S/C10H12O3/c1-7-8(6-11)4-9(12-2)5-10(7)13-3/h4-6H,1-3H3. The molecule has 0 radical (unpaired) electrons. The predicted octanol–water partition coefficient (Wildman–Crippen LogP) is 1.82. The Kier molecular flexibility index (Phi) is 2.90. The van der Waals surface area contributed by atoms with Crippen molar-refractivity contribution in [3.8, 4) is 11.5 Å². The molecule has 0 aromatic heterocycles. The third kappa shape index (κ3) is 1.80. The second-order valence-electron chi connectivity index (χ2n) is 2.66. The van der Waals surface area contributed by atoms with Crippen molar-refractivity contribution in [1.29, 1.82) is 0 Å². The molecule has 0 aliphatic carbocycles. The molecule has 0 amide bonds. The Hall–Kier alpha value is -1.51. The van der Waals surface area contributed by atoms with Crippen LogP contribution in [0.2, 0.25) is 0 Å². The van der Waals surface area contributed by atoms with Gasteiger partial charge in [-0.25, -0.2) is 0 Å². The van der Waals surface area contributed by atoms with Gasteiger partial charge >= 0.3 is 0 Å². The number of ether oxygens (including phenoxy) is 2. The molecule has 1 aromatic carbocycles. The van der Waals surface area contributed by atoms with Gasteiger partial charge in [-0.3, -0.25) is 4.79 Å². The summed E-state index contributed by atoms with van der Waals surface area (Å²) in [5, 5.41) is 0. The summed E-state index contributed by atoms with van der Waals surface area (Å²) in [4.78, 5) is 10.7. The molecule has 13 heavy (non-hydrogen) atoms. The molecule has 0 aliphatic rings. The molecule has 0 spiro atoms. The van der Waals surface area contributed by atoms with E-state index in [1.54, 1.807) is 26.4 Å². The number of carbonyl (C=O) groups excluding carboxylic acids is 1. The maximum absolute atomic E-state index is 10.7. The zero-order valence-corrected chi connectivity index (χ0v) is 7.96. The molecule has 1 rings (SSSR count). The van der Waals surface area contributed by atoms with Crippen LogP contribution in [0.5, 0.6) is 11.5 Å². The van der Waals surface area contributed by atoms with Crippen molar-refractivity contribution in [3.63, 3.8) is 0 Å². The van der Waals surface area contributed by atoms with E-state index in [9.17, 15) is 4.79 Å². The molecular weight excluding hydrogens is 168 g/mol. The van der Waals surface area contributed by atoms with E-state index in [2.05, 4.69) is 0 Å². The van der Waals surface area contributed by atoms with E-state index in [1.807, 2.05) is 6.92 Å². The van der Waals surface area contributed by atoms with Crippen LogP contribution in [0.25, 0.3) is 0 Å². The van der Waals surface area contributed by atoms with Gasteiger partial charge in [-0.05, 0) is 13.0 Å². The van der Waals surface area contributed by atoms with Gasteiger partial charge in [0.1, 0.15) is 11.5 Å². The number of carbonyl (C=O) groups is 1. The molecule has 3 heteroatoms. The second kappa shape index (κ2) is 3.94. The highest BCUT2D eigenvalue weighted by Gasteiger charge is 2.06. The lowest BCUT2D eigenvalue weighted by Gasteiger charge is -2.09. The Labute approximate surface area is 77.3 Å². The maximum atomic E-state index is 10.7. The van der Waals surface area contributed by atoms with Gasteiger partial charge in [0.2, 0.25) is 0 Å². The van der Waals surface area contributed by atoms with Crippen molar-refractivity contribution in [1.82, 2.24) is 0 Å². The number of aldehydes is 1. The van der Waals surface area contributed by atoms with Crippen LogP contribution < -0.4 is 9.47 Å². The second-order valence-corrected chi connectivity index (χ2v) is 2.66. The first-order chi connectivity index (χ1) is 6.22. The van der Waals surface area contributed by atoms with Crippen molar-refractivity contribution >= 4 is 6.29 Å². The van der Waals surface area contributed by atoms with Crippen molar-refractivity contribution in [2.24, 2.45) is 0 Å². The van der Waals surface area contributed by atoms with Gasteiger partial charge in [0.25, 0.3) is 0 Å². The summed E-state index contributed by atoms with van der Waals surface area (Å²) in [5.41, 5.74) is 1.43. The molecule has 1 aromatic rings. The third-order valence-corrected chi connectivity index (χ3v) is 1.96. The average Bonchev–Trinajstić information content (AvgIpc) is 2.18. The Morgan fingerprint density at radius 1 is 1.23 bits per heavy atom. The largest absolute Gasteiger partial charge is 0.497 e. The summed E-state index contributed by atoms with van der Waals surface area (Å²) < 4.78 is 10.1. The summed E-state index contributed by atoms with van der Waals surface area (Å²) in [6.45, 7) is 1.84. The highest BCUT2D eigenvalue weighted by molar-refractivity contribution is 5.79. The first-order valence-corrected chi connectivity index (χ1v) is 3.90. The third-order valence-electron chi connectivity index (χ3n) is 1.96. The minimum Gasteiger partial charge on any atom is -0.497 e. The first kappa shape index (κ1) is 9.58. The summed E-state index contributed by atoms with van der Waals surface area (Å²) in [7, 11) is 3.12. The van der Waals surface area contributed by atoms with E-state index < -0.39 is 0 Å². The molecule has 70 valence electrons. The van der Waals surface area contributed by atoms with Crippen LogP contribution in [0.4, 0.5) is 0 Å². The number of rotatable bonds is 3. The molecule has 0 atom stereocenters. The minimum absolute atomic E-state index is 0.594. The quantitative estimate of drug-likeness (QED) is 0.665. The summed E-state index contributed by atoms with van der Waals surface area (Å²) in [5.74, 6) is 1.30. The van der Waals surface area contributed by atoms with Crippen LogP contribution in [0.15, 0.2) is 12.1 Å². The fraction of sp³-hybridized carbons (Fsp3) is 0.300. The van der Waals surface area contributed by atoms with Gasteiger partial charge in [-0.15, -0.1) is 0 Å². The van der Waals surface area contributed by atoms with Crippen LogP contribution in [0.3, 0.4) is 0 Å². The van der Waals surface area contributed by atoms with Gasteiger partial charge in [0.15, 0.2) is 6.29 Å². The molecule has 0 saturated carbocycles. The van der Waals surface area contributed by atoms with Crippen molar-refractivity contribution in [2.45, 2.75) is 6.92 Å². The molecule has 3 nitrogen and oxygen atoms in total. The van der Waals surface area contributed by atoms with Crippen LogP contribution in [0, 0.1) is 6.92 Å². The van der Waals surface area contributed by atoms with Gasteiger partial charge < -0.3 is 9.47 Å². The van der Waals surface area contributed by atoms with Crippen LogP contribution in [0.1, 0.15) is 15.9 Å². The van der Waals surface area contributed by atoms with Gasteiger partial charge in [0.05, 0.1) is 14.2 Å². The number of hydrogen-bond donors (Lipinski definition) is 0. The van der Waals surface area contributed by atoms with Gasteiger partial charge in [0, 0.05) is 17.2 Å². The number of methoxy groups -OCH3 is 2. The fourth-order valence-corrected chi connectivity index (χ4v) is 1.14. The van der Waals surface area contributed by atoms with E-state index >= 15 is 0 Å². The van der Waals surface area contributed by atoms with Crippen LogP contribution in [-0.4, -0.2) is 20.5 Å². The topological polar surface area (TPSA) is 35.5 Å². The van der Waals surface area contributed by atoms with Crippen molar-refractivity contribution in [2.75, 3.05) is 14.2 Å². The molecule has 0 unspecified atom stereocenters. The van der Waals surface area contributed by atoms with Crippen molar-refractivity contribution < 1.29 is 14.3 Å². The molecular formula is C10H12O3. The lowest BCUT2D eigenvalue weighted by Crippen LogP contribution is -1.94. The van der Waals surface area contributed by atoms with E-state index in [0.717, 1.165) is 11.8 Å². The number of benzene rings is 1. The molecule has 0 heterocycles.